The van der Waals surface area contributed by atoms with Crippen LogP contribution in [-0.2, 0) is 10.0 Å². The number of nitrogens with zero attached hydrogens (tertiary/aromatic N) is 1. The van der Waals surface area contributed by atoms with E-state index in [1.165, 1.54) is 17.0 Å². The number of aliphatic hydroxyl groups is 1. The van der Waals surface area contributed by atoms with Gasteiger partial charge in [-0.3, -0.25) is 4.79 Å². The van der Waals surface area contributed by atoms with Crippen molar-refractivity contribution in [2.75, 3.05) is 26.2 Å². The predicted octanol–water partition coefficient (Wildman–Crippen LogP) is 0.829. The summed E-state index contributed by atoms with van der Waals surface area (Å²) in [6.45, 7) is 2.82. The van der Waals surface area contributed by atoms with Crippen LogP contribution in [-0.4, -0.2) is 50.6 Å². The van der Waals surface area contributed by atoms with Gasteiger partial charge in [0.25, 0.3) is 5.91 Å². The van der Waals surface area contributed by atoms with Crippen molar-refractivity contribution in [1.82, 2.24) is 9.62 Å². The van der Waals surface area contributed by atoms with Gasteiger partial charge in [0, 0.05) is 25.2 Å². The summed E-state index contributed by atoms with van der Waals surface area (Å²) >= 11 is 0. The lowest BCUT2D eigenvalue weighted by molar-refractivity contribution is 0.0731. The quantitative estimate of drug-likeness (QED) is 0.741. The van der Waals surface area contributed by atoms with Crippen molar-refractivity contribution >= 4 is 15.9 Å². The molecule has 1 saturated carbocycles. The maximum absolute atomic E-state index is 12.3. The van der Waals surface area contributed by atoms with Crippen LogP contribution in [0.3, 0.4) is 0 Å². The monoisotopic (exact) mass is 326 g/mol. The second-order valence-corrected chi connectivity index (χ2v) is 7.20. The van der Waals surface area contributed by atoms with Gasteiger partial charge < -0.3 is 10.0 Å². The summed E-state index contributed by atoms with van der Waals surface area (Å²) in [6, 6.07) is 6.01. The molecule has 122 valence electrons. The van der Waals surface area contributed by atoms with Gasteiger partial charge >= 0.3 is 0 Å². The van der Waals surface area contributed by atoms with Crippen LogP contribution < -0.4 is 4.72 Å². The predicted molar refractivity (Wildman–Crippen MR) is 83.0 cm³/mol. The fourth-order valence-corrected chi connectivity index (χ4v) is 3.30. The molecule has 0 unspecified atom stereocenters. The third kappa shape index (κ3) is 4.28. The SMILES string of the molecule is CCN(CCO)C(=O)c1cccc(S(=O)(=O)NCC2CC2)c1. The molecule has 1 fully saturated rings. The summed E-state index contributed by atoms with van der Waals surface area (Å²) in [6.07, 6.45) is 2.13. The smallest absolute Gasteiger partial charge is 0.253 e. The first-order valence-electron chi connectivity index (χ1n) is 7.47. The third-order valence-electron chi connectivity index (χ3n) is 3.69. The van der Waals surface area contributed by atoms with E-state index in [2.05, 4.69) is 4.72 Å². The highest BCUT2D eigenvalue weighted by atomic mass is 32.2. The minimum atomic E-state index is -3.59. The molecular formula is C15H22N2O4S. The number of benzene rings is 1. The van der Waals surface area contributed by atoms with E-state index >= 15 is 0 Å². The normalized spacial score (nSPS) is 14.8. The first-order valence-corrected chi connectivity index (χ1v) is 8.96. The molecule has 1 amide bonds. The van der Waals surface area contributed by atoms with Crippen molar-refractivity contribution in [2.24, 2.45) is 5.92 Å². The highest BCUT2D eigenvalue weighted by Gasteiger charge is 2.25. The van der Waals surface area contributed by atoms with Gasteiger partial charge in [-0.2, -0.15) is 0 Å². The van der Waals surface area contributed by atoms with E-state index in [4.69, 9.17) is 5.11 Å². The van der Waals surface area contributed by atoms with Crippen LogP contribution in [0, 0.1) is 5.92 Å². The maximum atomic E-state index is 12.3. The standard InChI is InChI=1S/C15H22N2O4S/c1-2-17(8-9-18)15(19)13-4-3-5-14(10-13)22(20,21)16-11-12-6-7-12/h3-5,10,12,16,18H,2,6-9,11H2,1H3. The van der Waals surface area contributed by atoms with Crippen molar-refractivity contribution in [3.63, 3.8) is 0 Å². The first-order chi connectivity index (χ1) is 10.5. The molecule has 0 saturated heterocycles. The number of likely N-dealkylation sites (N-methyl/N-ethyl adjacent to an activating group) is 1. The summed E-state index contributed by atoms with van der Waals surface area (Å²) in [5.74, 6) is 0.163. The Kier molecular flexibility index (Phi) is 5.55. The highest BCUT2D eigenvalue weighted by molar-refractivity contribution is 7.89. The molecule has 2 N–H and O–H groups in total. The van der Waals surface area contributed by atoms with Crippen LogP contribution in [0.4, 0.5) is 0 Å². The van der Waals surface area contributed by atoms with Crippen molar-refractivity contribution in [2.45, 2.75) is 24.7 Å². The van der Waals surface area contributed by atoms with Crippen LogP contribution in [0.1, 0.15) is 30.1 Å². The Labute approximate surface area is 131 Å². The maximum Gasteiger partial charge on any atom is 0.253 e. The van der Waals surface area contributed by atoms with E-state index in [0.29, 0.717) is 24.6 Å². The Bertz CT molecular complexity index is 626. The number of nitrogens with one attached hydrogen (secondary N) is 1. The molecule has 0 atom stereocenters. The Hall–Kier alpha value is -1.44. The molecule has 1 aromatic carbocycles. The lowest BCUT2D eigenvalue weighted by Gasteiger charge is -2.20. The van der Waals surface area contributed by atoms with E-state index in [-0.39, 0.29) is 24.0 Å². The molecule has 22 heavy (non-hydrogen) atoms. The van der Waals surface area contributed by atoms with Crippen LogP contribution in [0.25, 0.3) is 0 Å². The number of carbonyl (C=O) groups is 1. The van der Waals surface area contributed by atoms with Gasteiger partial charge in [0.05, 0.1) is 11.5 Å². The highest BCUT2D eigenvalue weighted by Crippen LogP contribution is 2.28. The van der Waals surface area contributed by atoms with Gasteiger partial charge in [-0.15, -0.1) is 0 Å². The minimum Gasteiger partial charge on any atom is -0.395 e. The Morgan fingerprint density at radius 3 is 2.73 bits per heavy atom. The zero-order valence-electron chi connectivity index (χ0n) is 12.7. The fraction of sp³-hybridized carbons (Fsp3) is 0.533. The number of aliphatic hydroxyl groups excluding tert-OH is 1. The van der Waals surface area contributed by atoms with Crippen LogP contribution in [0.15, 0.2) is 29.2 Å². The second kappa shape index (κ2) is 7.21. The molecular weight excluding hydrogens is 304 g/mol. The zero-order chi connectivity index (χ0) is 16.2. The van der Waals surface area contributed by atoms with E-state index in [1.54, 1.807) is 12.1 Å². The van der Waals surface area contributed by atoms with Crippen molar-refractivity contribution in [3.05, 3.63) is 29.8 Å². The Morgan fingerprint density at radius 1 is 1.41 bits per heavy atom. The summed E-state index contributed by atoms with van der Waals surface area (Å²) in [5.41, 5.74) is 0.310. The van der Waals surface area contributed by atoms with Gasteiger partial charge in [0.15, 0.2) is 0 Å². The zero-order valence-corrected chi connectivity index (χ0v) is 13.5. The number of sulfonamides is 1. The molecule has 0 bridgehead atoms. The average Bonchev–Trinajstić information content (AvgIpc) is 3.34. The summed E-state index contributed by atoms with van der Waals surface area (Å²) in [5, 5.41) is 8.98. The Morgan fingerprint density at radius 2 is 2.14 bits per heavy atom. The second-order valence-electron chi connectivity index (χ2n) is 5.43. The Balaban J connectivity index is 2.16. The van der Waals surface area contributed by atoms with Crippen molar-refractivity contribution in [1.29, 1.82) is 0 Å². The molecule has 0 aromatic heterocycles. The largest absolute Gasteiger partial charge is 0.395 e. The molecule has 2 rings (SSSR count). The molecule has 1 aromatic rings. The molecule has 1 aliphatic carbocycles. The van der Waals surface area contributed by atoms with Crippen LogP contribution in [0.5, 0.6) is 0 Å². The molecule has 0 aliphatic heterocycles. The van der Waals surface area contributed by atoms with Crippen LogP contribution >= 0.6 is 0 Å². The third-order valence-corrected chi connectivity index (χ3v) is 5.11. The topological polar surface area (TPSA) is 86.7 Å². The number of rotatable bonds is 8. The molecule has 0 spiro atoms. The number of amides is 1. The van der Waals surface area contributed by atoms with Gasteiger partial charge in [-0.05, 0) is 43.9 Å². The molecule has 6 nitrogen and oxygen atoms in total. The molecule has 0 heterocycles. The van der Waals surface area contributed by atoms with Gasteiger partial charge in [-0.25, -0.2) is 13.1 Å². The summed E-state index contributed by atoms with van der Waals surface area (Å²) in [4.78, 5) is 13.9. The van der Waals surface area contributed by atoms with Crippen molar-refractivity contribution < 1.29 is 18.3 Å². The molecule has 7 heteroatoms. The summed E-state index contributed by atoms with van der Waals surface area (Å²) < 4.78 is 27.0. The number of hydrogen-bond acceptors (Lipinski definition) is 4. The van der Waals surface area contributed by atoms with Gasteiger partial charge in [0.2, 0.25) is 10.0 Å². The van der Waals surface area contributed by atoms with Gasteiger partial charge in [0.1, 0.15) is 0 Å². The van der Waals surface area contributed by atoms with Gasteiger partial charge in [-0.1, -0.05) is 6.07 Å². The van der Waals surface area contributed by atoms with Crippen LogP contribution in [0.2, 0.25) is 0 Å². The van der Waals surface area contributed by atoms with E-state index < -0.39 is 10.0 Å². The first kappa shape index (κ1) is 16.9. The van der Waals surface area contributed by atoms with E-state index in [9.17, 15) is 13.2 Å². The molecule has 0 radical (unpaired) electrons. The van der Waals surface area contributed by atoms with E-state index in [0.717, 1.165) is 12.8 Å². The fourth-order valence-electron chi connectivity index (χ4n) is 2.14. The summed E-state index contributed by atoms with van der Waals surface area (Å²) in [7, 11) is -3.59. The number of hydrogen-bond donors (Lipinski definition) is 2. The van der Waals surface area contributed by atoms with Crippen molar-refractivity contribution in [3.8, 4) is 0 Å². The average molecular weight is 326 g/mol. The lowest BCUT2D eigenvalue weighted by Crippen LogP contribution is -2.33. The van der Waals surface area contributed by atoms with E-state index in [1.807, 2.05) is 6.92 Å². The number of carbonyl (C=O) groups excluding carboxylic acids is 1. The minimum absolute atomic E-state index is 0.0963. The lowest BCUT2D eigenvalue weighted by atomic mass is 10.2. The molecule has 1 aliphatic rings.